The minimum absolute atomic E-state index is 0.114. The standard InChI is InChI=1S/C15H15NOS2/c1-11-6-8-16(15(17)12-7-9-18-10-12)13-4-2-3-5-14(13)19-11/h2-5,7,9-11H,6,8H2,1H3. The Balaban J connectivity index is 2.00. The summed E-state index contributed by atoms with van der Waals surface area (Å²) in [7, 11) is 0. The Hall–Kier alpha value is -1.26. The number of rotatable bonds is 1. The fourth-order valence-corrected chi connectivity index (χ4v) is 3.98. The topological polar surface area (TPSA) is 20.3 Å². The van der Waals surface area contributed by atoms with Gasteiger partial charge in [-0.2, -0.15) is 11.3 Å². The van der Waals surface area contributed by atoms with Crippen LogP contribution in [0.15, 0.2) is 46.0 Å². The zero-order chi connectivity index (χ0) is 13.2. The molecule has 0 N–H and O–H groups in total. The van der Waals surface area contributed by atoms with Crippen molar-refractivity contribution in [2.45, 2.75) is 23.5 Å². The van der Waals surface area contributed by atoms with Crippen LogP contribution in [0, 0.1) is 0 Å². The third kappa shape index (κ3) is 2.55. The molecule has 1 aromatic heterocycles. The number of amides is 1. The molecule has 0 aliphatic carbocycles. The smallest absolute Gasteiger partial charge is 0.259 e. The van der Waals surface area contributed by atoms with Gasteiger partial charge in [-0.3, -0.25) is 4.79 Å². The van der Waals surface area contributed by atoms with E-state index in [1.165, 1.54) is 4.90 Å². The predicted octanol–water partition coefficient (Wildman–Crippen LogP) is 4.28. The van der Waals surface area contributed by atoms with E-state index in [4.69, 9.17) is 0 Å². The van der Waals surface area contributed by atoms with Crippen molar-refractivity contribution in [2.24, 2.45) is 0 Å². The van der Waals surface area contributed by atoms with Crippen molar-refractivity contribution in [3.05, 3.63) is 46.7 Å². The minimum Gasteiger partial charge on any atom is -0.307 e. The molecule has 1 unspecified atom stereocenters. The SMILES string of the molecule is CC1CCN(C(=O)c2ccsc2)c2ccccc2S1. The Bertz CT molecular complexity index is 580. The molecule has 1 aliphatic rings. The van der Waals surface area contributed by atoms with Crippen molar-refractivity contribution < 1.29 is 4.79 Å². The van der Waals surface area contributed by atoms with Crippen LogP contribution in [-0.2, 0) is 0 Å². The number of hydrogen-bond donors (Lipinski definition) is 0. The molecular weight excluding hydrogens is 274 g/mol. The molecule has 2 heterocycles. The summed E-state index contributed by atoms with van der Waals surface area (Å²) in [4.78, 5) is 15.7. The number of thioether (sulfide) groups is 1. The van der Waals surface area contributed by atoms with Crippen molar-refractivity contribution in [1.82, 2.24) is 0 Å². The van der Waals surface area contributed by atoms with E-state index in [2.05, 4.69) is 13.0 Å². The number of benzene rings is 1. The molecule has 98 valence electrons. The first-order valence-corrected chi connectivity index (χ1v) is 8.17. The highest BCUT2D eigenvalue weighted by Crippen LogP contribution is 2.37. The van der Waals surface area contributed by atoms with Gasteiger partial charge in [0.2, 0.25) is 0 Å². The molecule has 0 saturated carbocycles. The van der Waals surface area contributed by atoms with Gasteiger partial charge < -0.3 is 4.90 Å². The maximum Gasteiger partial charge on any atom is 0.259 e. The van der Waals surface area contributed by atoms with Crippen molar-refractivity contribution in [2.75, 3.05) is 11.4 Å². The lowest BCUT2D eigenvalue weighted by molar-refractivity contribution is 0.0987. The molecule has 1 amide bonds. The molecule has 3 rings (SSSR count). The fourth-order valence-electron chi connectivity index (χ4n) is 2.24. The van der Waals surface area contributed by atoms with E-state index >= 15 is 0 Å². The van der Waals surface area contributed by atoms with Crippen LogP contribution in [0.4, 0.5) is 5.69 Å². The van der Waals surface area contributed by atoms with Gasteiger partial charge in [0.15, 0.2) is 0 Å². The molecule has 0 fully saturated rings. The van der Waals surface area contributed by atoms with E-state index < -0.39 is 0 Å². The van der Waals surface area contributed by atoms with E-state index in [0.717, 1.165) is 24.2 Å². The van der Waals surface area contributed by atoms with Crippen LogP contribution in [0.25, 0.3) is 0 Å². The Morgan fingerprint density at radius 2 is 2.16 bits per heavy atom. The highest BCUT2D eigenvalue weighted by atomic mass is 32.2. The van der Waals surface area contributed by atoms with Gasteiger partial charge in [-0.15, -0.1) is 11.8 Å². The molecule has 1 aliphatic heterocycles. The van der Waals surface area contributed by atoms with E-state index in [9.17, 15) is 4.79 Å². The summed E-state index contributed by atoms with van der Waals surface area (Å²) in [6.07, 6.45) is 1.02. The lowest BCUT2D eigenvalue weighted by Crippen LogP contribution is -2.31. The maximum atomic E-state index is 12.6. The second-order valence-corrected chi connectivity index (χ2v) is 6.91. The number of carbonyl (C=O) groups is 1. The van der Waals surface area contributed by atoms with Gasteiger partial charge in [-0.25, -0.2) is 0 Å². The van der Waals surface area contributed by atoms with Crippen LogP contribution in [0.1, 0.15) is 23.7 Å². The zero-order valence-corrected chi connectivity index (χ0v) is 12.3. The quantitative estimate of drug-likeness (QED) is 0.781. The van der Waals surface area contributed by atoms with Gasteiger partial charge in [0.25, 0.3) is 5.91 Å². The normalized spacial score (nSPS) is 18.8. The molecule has 0 bridgehead atoms. The lowest BCUT2D eigenvalue weighted by atomic mass is 10.2. The molecule has 0 saturated heterocycles. The number of carbonyl (C=O) groups excluding carboxylic acids is 1. The first-order chi connectivity index (χ1) is 9.25. The fraction of sp³-hybridized carbons (Fsp3) is 0.267. The number of para-hydroxylation sites is 1. The number of nitrogens with zero attached hydrogens (tertiary/aromatic N) is 1. The molecule has 2 nitrogen and oxygen atoms in total. The predicted molar refractivity (Wildman–Crippen MR) is 82.4 cm³/mol. The second kappa shape index (κ2) is 5.39. The molecule has 19 heavy (non-hydrogen) atoms. The Kier molecular flexibility index (Phi) is 3.62. The number of anilines is 1. The summed E-state index contributed by atoms with van der Waals surface area (Å²) in [5, 5.41) is 4.42. The van der Waals surface area contributed by atoms with E-state index in [1.807, 2.05) is 51.7 Å². The number of fused-ring (bicyclic) bond motifs is 1. The highest BCUT2D eigenvalue weighted by molar-refractivity contribution is 8.00. The maximum absolute atomic E-state index is 12.6. The summed E-state index contributed by atoms with van der Waals surface area (Å²) in [5.41, 5.74) is 1.84. The summed E-state index contributed by atoms with van der Waals surface area (Å²) in [5.74, 6) is 0.114. The molecule has 4 heteroatoms. The number of thiophene rings is 1. The van der Waals surface area contributed by atoms with Crippen molar-refractivity contribution in [3.63, 3.8) is 0 Å². The summed E-state index contributed by atoms with van der Waals surface area (Å²) in [6, 6.07) is 10.1. The van der Waals surface area contributed by atoms with Crippen LogP contribution < -0.4 is 4.90 Å². The molecule has 0 radical (unpaired) electrons. The van der Waals surface area contributed by atoms with Crippen LogP contribution in [0.5, 0.6) is 0 Å². The van der Waals surface area contributed by atoms with E-state index in [1.54, 1.807) is 11.3 Å². The molecule has 1 aromatic carbocycles. The third-order valence-corrected chi connectivity index (χ3v) is 5.18. The van der Waals surface area contributed by atoms with Gasteiger partial charge in [0.05, 0.1) is 11.3 Å². The second-order valence-electron chi connectivity index (χ2n) is 4.65. The summed E-state index contributed by atoms with van der Waals surface area (Å²) in [6.45, 7) is 3.01. The van der Waals surface area contributed by atoms with Crippen molar-refractivity contribution in [1.29, 1.82) is 0 Å². The lowest BCUT2D eigenvalue weighted by Gasteiger charge is -2.22. The molecule has 2 aromatic rings. The molecule has 1 atom stereocenters. The van der Waals surface area contributed by atoms with Gasteiger partial charge in [-0.05, 0) is 30.0 Å². The van der Waals surface area contributed by atoms with Gasteiger partial charge >= 0.3 is 0 Å². The third-order valence-electron chi connectivity index (χ3n) is 3.26. The number of hydrogen-bond acceptors (Lipinski definition) is 3. The van der Waals surface area contributed by atoms with E-state index in [0.29, 0.717) is 5.25 Å². The monoisotopic (exact) mass is 289 g/mol. The highest BCUT2D eigenvalue weighted by Gasteiger charge is 2.24. The van der Waals surface area contributed by atoms with Crippen LogP contribution in [0.2, 0.25) is 0 Å². The first-order valence-electron chi connectivity index (χ1n) is 6.35. The molecular formula is C15H15NOS2. The van der Waals surface area contributed by atoms with Crippen LogP contribution in [-0.4, -0.2) is 17.7 Å². The summed E-state index contributed by atoms with van der Waals surface area (Å²) < 4.78 is 0. The Morgan fingerprint density at radius 1 is 1.32 bits per heavy atom. The van der Waals surface area contributed by atoms with Gasteiger partial charge in [-0.1, -0.05) is 19.1 Å². The largest absolute Gasteiger partial charge is 0.307 e. The Labute approximate surface area is 121 Å². The molecule has 0 spiro atoms. The summed E-state index contributed by atoms with van der Waals surface area (Å²) >= 11 is 3.43. The van der Waals surface area contributed by atoms with Crippen LogP contribution >= 0.6 is 23.1 Å². The Morgan fingerprint density at radius 3 is 2.95 bits per heavy atom. The first kappa shape index (κ1) is 12.8. The van der Waals surface area contributed by atoms with Gasteiger partial charge in [0.1, 0.15) is 0 Å². The van der Waals surface area contributed by atoms with E-state index in [-0.39, 0.29) is 5.91 Å². The average molecular weight is 289 g/mol. The van der Waals surface area contributed by atoms with Crippen molar-refractivity contribution in [3.8, 4) is 0 Å². The van der Waals surface area contributed by atoms with Gasteiger partial charge in [0, 0.05) is 22.1 Å². The minimum atomic E-state index is 0.114. The van der Waals surface area contributed by atoms with Crippen molar-refractivity contribution >= 4 is 34.7 Å². The van der Waals surface area contributed by atoms with Crippen LogP contribution in [0.3, 0.4) is 0 Å². The zero-order valence-electron chi connectivity index (χ0n) is 10.7. The average Bonchev–Trinajstić information content (AvgIpc) is 2.89.